The number of carboxylic acids is 1. The van der Waals surface area contributed by atoms with Crippen LogP contribution in [0.4, 0.5) is 0 Å². The van der Waals surface area contributed by atoms with E-state index in [1.165, 1.54) is 9.13 Å². The van der Waals surface area contributed by atoms with Gasteiger partial charge in [-0.1, -0.05) is 12.1 Å². The number of rotatable bonds is 4. The van der Waals surface area contributed by atoms with Crippen LogP contribution in [0.15, 0.2) is 24.3 Å². The highest BCUT2D eigenvalue weighted by Crippen LogP contribution is 2.34. The Bertz CT molecular complexity index is 470. The van der Waals surface area contributed by atoms with Crippen LogP contribution in [-0.4, -0.2) is 29.1 Å². The summed E-state index contributed by atoms with van der Waals surface area (Å²) in [6.45, 7) is 6.58. The molecule has 0 radical (unpaired) electrons. The molecule has 4 heteroatoms. The molecule has 1 atom stereocenters. The van der Waals surface area contributed by atoms with E-state index in [0.29, 0.717) is 0 Å². The summed E-state index contributed by atoms with van der Waals surface area (Å²) in [6.07, 6.45) is 2.11. The molecular formula is C16H22INO2. The van der Waals surface area contributed by atoms with E-state index < -0.39 is 11.4 Å². The van der Waals surface area contributed by atoms with Gasteiger partial charge in [-0.25, -0.2) is 0 Å². The van der Waals surface area contributed by atoms with Crippen LogP contribution >= 0.6 is 22.6 Å². The van der Waals surface area contributed by atoms with Crippen LogP contribution in [0.1, 0.15) is 32.3 Å². The molecule has 1 aliphatic heterocycles. The van der Waals surface area contributed by atoms with Crippen molar-refractivity contribution in [2.45, 2.75) is 33.2 Å². The second kappa shape index (κ2) is 6.43. The summed E-state index contributed by atoms with van der Waals surface area (Å²) >= 11 is 2.31. The lowest BCUT2D eigenvalue weighted by atomic mass is 9.74. The third-order valence-electron chi connectivity index (χ3n) is 4.40. The van der Waals surface area contributed by atoms with Crippen LogP contribution in [0.2, 0.25) is 0 Å². The summed E-state index contributed by atoms with van der Waals surface area (Å²) in [6, 6.07) is 8.57. The molecule has 0 spiro atoms. The van der Waals surface area contributed by atoms with Gasteiger partial charge in [-0.15, -0.1) is 0 Å². The minimum Gasteiger partial charge on any atom is -0.481 e. The van der Waals surface area contributed by atoms with Crippen LogP contribution in [0, 0.1) is 14.9 Å². The molecular weight excluding hydrogens is 365 g/mol. The highest BCUT2D eigenvalue weighted by molar-refractivity contribution is 14.1. The molecule has 0 aromatic heterocycles. The first-order chi connectivity index (χ1) is 9.39. The van der Waals surface area contributed by atoms with E-state index in [-0.39, 0.29) is 5.92 Å². The zero-order chi connectivity index (χ0) is 14.8. The lowest BCUT2D eigenvalue weighted by Crippen LogP contribution is -2.44. The lowest BCUT2D eigenvalue weighted by molar-refractivity contribution is -0.151. The Morgan fingerprint density at radius 2 is 2.05 bits per heavy atom. The van der Waals surface area contributed by atoms with Crippen molar-refractivity contribution in [3.8, 4) is 0 Å². The van der Waals surface area contributed by atoms with Gasteiger partial charge in [0.25, 0.3) is 0 Å². The molecule has 1 aliphatic rings. The van der Waals surface area contributed by atoms with Crippen LogP contribution in [0.3, 0.4) is 0 Å². The standard InChI is InChI=1S/C16H22INO2/c1-16(2,15(19)20)13-4-3-9-18(11-13)10-12-5-7-14(17)8-6-12/h5-8,13H,3-4,9-11H2,1-2H3,(H,19,20). The van der Waals surface area contributed by atoms with Crippen molar-refractivity contribution in [1.82, 2.24) is 4.90 Å². The molecule has 1 saturated heterocycles. The van der Waals surface area contributed by atoms with Crippen molar-refractivity contribution in [3.05, 3.63) is 33.4 Å². The fourth-order valence-electron chi connectivity index (χ4n) is 2.81. The van der Waals surface area contributed by atoms with E-state index in [4.69, 9.17) is 0 Å². The summed E-state index contributed by atoms with van der Waals surface area (Å²) in [5.74, 6) is -0.448. The molecule has 0 saturated carbocycles. The maximum atomic E-state index is 11.4. The molecule has 110 valence electrons. The molecule has 1 aromatic rings. The number of hydrogen-bond acceptors (Lipinski definition) is 2. The maximum absolute atomic E-state index is 11.4. The Hall–Kier alpha value is -0.620. The second-order valence-corrected chi connectivity index (χ2v) is 7.47. The van der Waals surface area contributed by atoms with Crippen LogP contribution in [0.5, 0.6) is 0 Å². The molecule has 20 heavy (non-hydrogen) atoms. The normalized spacial score (nSPS) is 20.9. The van der Waals surface area contributed by atoms with Crippen LogP contribution in [-0.2, 0) is 11.3 Å². The van der Waals surface area contributed by atoms with Crippen molar-refractivity contribution in [2.24, 2.45) is 11.3 Å². The molecule has 1 aromatic carbocycles. The summed E-state index contributed by atoms with van der Waals surface area (Å²) in [5.41, 5.74) is 0.671. The Labute approximate surface area is 134 Å². The maximum Gasteiger partial charge on any atom is 0.309 e. The van der Waals surface area contributed by atoms with Gasteiger partial charge in [0.2, 0.25) is 0 Å². The van der Waals surface area contributed by atoms with Crippen molar-refractivity contribution in [3.63, 3.8) is 0 Å². The summed E-state index contributed by atoms with van der Waals surface area (Å²) in [7, 11) is 0. The Morgan fingerprint density at radius 3 is 2.65 bits per heavy atom. The molecule has 3 nitrogen and oxygen atoms in total. The molecule has 1 unspecified atom stereocenters. The molecule has 0 amide bonds. The Kier molecular flexibility index (Phi) is 5.07. The van der Waals surface area contributed by atoms with Gasteiger partial charge in [-0.3, -0.25) is 9.69 Å². The number of aliphatic carboxylic acids is 1. The van der Waals surface area contributed by atoms with Gasteiger partial charge in [0, 0.05) is 16.7 Å². The van der Waals surface area contributed by atoms with E-state index in [9.17, 15) is 9.90 Å². The van der Waals surface area contributed by atoms with E-state index in [1.54, 1.807) is 0 Å². The minimum atomic E-state index is -0.682. The number of carboxylic acid groups (broad SMARTS) is 1. The van der Waals surface area contributed by atoms with Crippen LogP contribution < -0.4 is 0 Å². The summed E-state index contributed by atoms with van der Waals surface area (Å²) in [4.78, 5) is 13.8. The molecule has 1 fully saturated rings. The van der Waals surface area contributed by atoms with Crippen molar-refractivity contribution in [2.75, 3.05) is 13.1 Å². The molecule has 1 heterocycles. The molecule has 1 N–H and O–H groups in total. The first-order valence-electron chi connectivity index (χ1n) is 7.10. The number of piperidine rings is 1. The van der Waals surface area contributed by atoms with Crippen molar-refractivity contribution in [1.29, 1.82) is 0 Å². The lowest BCUT2D eigenvalue weighted by Gasteiger charge is -2.39. The first-order valence-corrected chi connectivity index (χ1v) is 8.17. The number of hydrogen-bond donors (Lipinski definition) is 1. The second-order valence-electron chi connectivity index (χ2n) is 6.23. The fourth-order valence-corrected chi connectivity index (χ4v) is 3.17. The zero-order valence-electron chi connectivity index (χ0n) is 12.1. The SMILES string of the molecule is CC(C)(C(=O)O)C1CCCN(Cc2ccc(I)cc2)C1. The number of nitrogens with zero attached hydrogens (tertiary/aromatic N) is 1. The highest BCUT2D eigenvalue weighted by atomic mass is 127. The Morgan fingerprint density at radius 1 is 1.40 bits per heavy atom. The van der Waals surface area contributed by atoms with Crippen molar-refractivity contribution >= 4 is 28.6 Å². The third-order valence-corrected chi connectivity index (χ3v) is 5.12. The fraction of sp³-hybridized carbons (Fsp3) is 0.562. The van der Waals surface area contributed by atoms with Crippen LogP contribution in [0.25, 0.3) is 0 Å². The van der Waals surface area contributed by atoms with Gasteiger partial charge in [0.05, 0.1) is 5.41 Å². The van der Waals surface area contributed by atoms with Crippen molar-refractivity contribution < 1.29 is 9.90 Å². The summed E-state index contributed by atoms with van der Waals surface area (Å²) < 4.78 is 1.25. The molecule has 0 bridgehead atoms. The quantitative estimate of drug-likeness (QED) is 0.803. The largest absolute Gasteiger partial charge is 0.481 e. The number of likely N-dealkylation sites (tertiary alicyclic amines) is 1. The smallest absolute Gasteiger partial charge is 0.309 e. The topological polar surface area (TPSA) is 40.5 Å². The summed E-state index contributed by atoms with van der Waals surface area (Å²) in [5, 5.41) is 9.38. The monoisotopic (exact) mass is 387 g/mol. The van der Waals surface area contributed by atoms with Gasteiger partial charge >= 0.3 is 5.97 Å². The molecule has 2 rings (SSSR count). The number of halogens is 1. The van der Waals surface area contributed by atoms with E-state index in [0.717, 1.165) is 32.5 Å². The van der Waals surface area contributed by atoms with E-state index in [1.807, 2.05) is 13.8 Å². The first kappa shape index (κ1) is 15.8. The third kappa shape index (κ3) is 3.73. The predicted molar refractivity (Wildman–Crippen MR) is 88.6 cm³/mol. The van der Waals surface area contributed by atoms with E-state index in [2.05, 4.69) is 51.8 Å². The number of carbonyl (C=O) groups is 1. The molecule has 0 aliphatic carbocycles. The van der Waals surface area contributed by atoms with Gasteiger partial charge < -0.3 is 5.11 Å². The van der Waals surface area contributed by atoms with Gasteiger partial charge in [0.15, 0.2) is 0 Å². The average molecular weight is 387 g/mol. The van der Waals surface area contributed by atoms with Gasteiger partial charge in [-0.05, 0) is 79.4 Å². The Balaban J connectivity index is 2.00. The predicted octanol–water partition coefficient (Wildman–Crippen LogP) is 3.61. The van der Waals surface area contributed by atoms with Gasteiger partial charge in [0.1, 0.15) is 0 Å². The average Bonchev–Trinajstić information content (AvgIpc) is 2.41. The number of benzene rings is 1. The minimum absolute atomic E-state index is 0.234. The highest BCUT2D eigenvalue weighted by Gasteiger charge is 2.38. The zero-order valence-corrected chi connectivity index (χ0v) is 14.3. The van der Waals surface area contributed by atoms with Gasteiger partial charge in [-0.2, -0.15) is 0 Å². The van der Waals surface area contributed by atoms with E-state index >= 15 is 0 Å².